The van der Waals surface area contributed by atoms with Crippen molar-refractivity contribution in [3.05, 3.63) is 69.4 Å². The number of hydrogen-bond acceptors (Lipinski definition) is 3. The summed E-state index contributed by atoms with van der Waals surface area (Å²) in [7, 11) is 1.33. The van der Waals surface area contributed by atoms with Gasteiger partial charge >= 0.3 is 5.97 Å². The molecule has 1 N–H and O–H groups in total. The van der Waals surface area contributed by atoms with E-state index in [4.69, 9.17) is 0 Å². The Morgan fingerprint density at radius 2 is 1.87 bits per heavy atom. The number of carbonyl (C=O) groups excluding carboxylic acids is 2. The van der Waals surface area contributed by atoms with E-state index in [0.717, 1.165) is 5.56 Å². The third kappa shape index (κ3) is 4.63. The lowest BCUT2D eigenvalue weighted by Crippen LogP contribution is -2.26. The summed E-state index contributed by atoms with van der Waals surface area (Å²) in [5.74, 6) is -1.19. The summed E-state index contributed by atoms with van der Waals surface area (Å²) in [6, 6.07) is 10.9. The van der Waals surface area contributed by atoms with Gasteiger partial charge in [-0.1, -0.05) is 12.1 Å². The highest BCUT2D eigenvalue weighted by atomic mass is 79.9. The van der Waals surface area contributed by atoms with E-state index in [1.165, 1.54) is 25.3 Å². The smallest absolute Gasteiger partial charge is 0.337 e. The Kier molecular flexibility index (Phi) is 5.87. The zero-order valence-electron chi connectivity index (χ0n) is 12.4. The molecule has 2 rings (SSSR count). The summed E-state index contributed by atoms with van der Waals surface area (Å²) < 4.78 is 18.4. The van der Waals surface area contributed by atoms with Crippen LogP contribution in [0.2, 0.25) is 0 Å². The second kappa shape index (κ2) is 7.87. The van der Waals surface area contributed by atoms with Gasteiger partial charge < -0.3 is 10.1 Å². The Labute approximate surface area is 141 Å². The molecule has 0 aliphatic heterocycles. The van der Waals surface area contributed by atoms with Crippen LogP contribution in [0.25, 0.3) is 0 Å². The van der Waals surface area contributed by atoms with Crippen molar-refractivity contribution < 1.29 is 18.7 Å². The first kappa shape index (κ1) is 17.1. The third-order valence-electron chi connectivity index (χ3n) is 3.25. The molecular formula is C17H15BrFNO3. The van der Waals surface area contributed by atoms with E-state index >= 15 is 0 Å². The minimum atomic E-state index is -0.461. The second-order valence-corrected chi connectivity index (χ2v) is 5.67. The number of hydrogen-bond donors (Lipinski definition) is 1. The summed E-state index contributed by atoms with van der Waals surface area (Å²) in [4.78, 5) is 23.4. The van der Waals surface area contributed by atoms with Crippen LogP contribution in [0.4, 0.5) is 4.39 Å². The van der Waals surface area contributed by atoms with Crippen LogP contribution in [0, 0.1) is 5.82 Å². The van der Waals surface area contributed by atoms with Gasteiger partial charge in [-0.25, -0.2) is 9.18 Å². The molecule has 0 fully saturated rings. The molecule has 0 saturated carbocycles. The van der Waals surface area contributed by atoms with E-state index in [0.29, 0.717) is 23.0 Å². The molecule has 1 amide bonds. The molecule has 2 aromatic carbocycles. The van der Waals surface area contributed by atoms with Crippen LogP contribution in [-0.2, 0) is 11.2 Å². The van der Waals surface area contributed by atoms with Crippen molar-refractivity contribution in [1.82, 2.24) is 5.32 Å². The van der Waals surface area contributed by atoms with Crippen molar-refractivity contribution >= 4 is 27.8 Å². The van der Waals surface area contributed by atoms with Crippen LogP contribution in [0.5, 0.6) is 0 Å². The first-order valence-electron chi connectivity index (χ1n) is 6.92. The number of amides is 1. The summed E-state index contributed by atoms with van der Waals surface area (Å²) in [5, 5.41) is 2.74. The molecular weight excluding hydrogens is 365 g/mol. The normalized spacial score (nSPS) is 10.2. The summed E-state index contributed by atoms with van der Waals surface area (Å²) in [6.45, 7) is 0.402. The molecule has 2 aromatic rings. The highest BCUT2D eigenvalue weighted by Crippen LogP contribution is 2.17. The highest BCUT2D eigenvalue weighted by molar-refractivity contribution is 9.10. The molecule has 0 atom stereocenters. The molecule has 0 aromatic heterocycles. The Hall–Kier alpha value is -2.21. The molecule has 4 nitrogen and oxygen atoms in total. The van der Waals surface area contributed by atoms with Gasteiger partial charge in [0.25, 0.3) is 5.91 Å². The van der Waals surface area contributed by atoms with Gasteiger partial charge in [0, 0.05) is 11.0 Å². The molecule has 0 heterocycles. The number of nitrogens with one attached hydrogen (secondary N) is 1. The average molecular weight is 380 g/mol. The summed E-state index contributed by atoms with van der Waals surface area (Å²) in [6.07, 6.45) is 0.597. The maximum atomic E-state index is 13.2. The Bertz CT molecular complexity index is 716. The van der Waals surface area contributed by atoms with Gasteiger partial charge in [-0.15, -0.1) is 0 Å². The fourth-order valence-corrected chi connectivity index (χ4v) is 2.44. The fourth-order valence-electron chi connectivity index (χ4n) is 2.01. The van der Waals surface area contributed by atoms with Crippen molar-refractivity contribution in [2.75, 3.05) is 13.7 Å². The van der Waals surface area contributed by atoms with Crippen LogP contribution in [0.15, 0.2) is 46.9 Å². The zero-order chi connectivity index (χ0) is 16.8. The molecule has 120 valence electrons. The van der Waals surface area contributed by atoms with E-state index in [1.807, 2.05) is 0 Å². The molecule has 0 aliphatic rings. The van der Waals surface area contributed by atoms with Gasteiger partial charge in [0.05, 0.1) is 18.2 Å². The maximum absolute atomic E-state index is 13.2. The topological polar surface area (TPSA) is 55.4 Å². The first-order valence-corrected chi connectivity index (χ1v) is 7.71. The van der Waals surface area contributed by atoms with Gasteiger partial charge in [-0.2, -0.15) is 0 Å². The number of benzene rings is 2. The predicted molar refractivity (Wildman–Crippen MR) is 87.9 cm³/mol. The van der Waals surface area contributed by atoms with Crippen molar-refractivity contribution in [3.8, 4) is 0 Å². The number of rotatable bonds is 5. The van der Waals surface area contributed by atoms with Crippen molar-refractivity contribution in [2.45, 2.75) is 6.42 Å². The van der Waals surface area contributed by atoms with Crippen molar-refractivity contribution in [3.63, 3.8) is 0 Å². The van der Waals surface area contributed by atoms with Crippen molar-refractivity contribution in [2.24, 2.45) is 0 Å². The summed E-state index contributed by atoms with van der Waals surface area (Å²) >= 11 is 3.22. The van der Waals surface area contributed by atoms with Crippen molar-refractivity contribution in [1.29, 1.82) is 0 Å². The van der Waals surface area contributed by atoms with Crippen LogP contribution in [0.1, 0.15) is 26.3 Å². The van der Waals surface area contributed by atoms with E-state index < -0.39 is 5.82 Å². The SMILES string of the molecule is COC(=O)c1ccc(CCNC(=O)c2cc(F)ccc2Br)cc1. The minimum Gasteiger partial charge on any atom is -0.465 e. The van der Waals surface area contributed by atoms with Crippen LogP contribution in [0.3, 0.4) is 0 Å². The van der Waals surface area contributed by atoms with E-state index in [1.54, 1.807) is 24.3 Å². The monoisotopic (exact) mass is 379 g/mol. The average Bonchev–Trinajstić information content (AvgIpc) is 2.56. The Balaban J connectivity index is 1.90. The number of ether oxygens (including phenoxy) is 1. The van der Waals surface area contributed by atoms with E-state index in [2.05, 4.69) is 26.0 Å². The second-order valence-electron chi connectivity index (χ2n) is 4.82. The quantitative estimate of drug-likeness (QED) is 0.810. The standard InChI is InChI=1S/C17H15BrFNO3/c1-23-17(22)12-4-2-11(3-5-12)8-9-20-16(21)14-10-13(19)6-7-15(14)18/h2-7,10H,8-9H2,1H3,(H,20,21). The number of esters is 1. The predicted octanol–water partition coefficient (Wildman–Crippen LogP) is 3.35. The van der Waals surface area contributed by atoms with Gasteiger partial charge in [-0.05, 0) is 58.2 Å². The number of halogens is 2. The highest BCUT2D eigenvalue weighted by Gasteiger charge is 2.10. The first-order chi connectivity index (χ1) is 11.0. The molecule has 0 aliphatic carbocycles. The van der Waals surface area contributed by atoms with E-state index in [-0.39, 0.29) is 17.4 Å². The largest absolute Gasteiger partial charge is 0.465 e. The van der Waals surface area contributed by atoms with Crippen LogP contribution < -0.4 is 5.32 Å². The Morgan fingerprint density at radius 1 is 1.17 bits per heavy atom. The summed E-state index contributed by atoms with van der Waals surface area (Å²) in [5.41, 5.74) is 1.70. The molecule has 6 heteroatoms. The third-order valence-corrected chi connectivity index (χ3v) is 3.94. The van der Waals surface area contributed by atoms with Crippen LogP contribution in [-0.4, -0.2) is 25.5 Å². The van der Waals surface area contributed by atoms with Gasteiger partial charge in [0.1, 0.15) is 5.82 Å². The van der Waals surface area contributed by atoms with E-state index in [9.17, 15) is 14.0 Å². The molecule has 23 heavy (non-hydrogen) atoms. The number of carbonyl (C=O) groups is 2. The lowest BCUT2D eigenvalue weighted by molar-refractivity contribution is 0.0600. The fraction of sp³-hybridized carbons (Fsp3) is 0.176. The molecule has 0 saturated heterocycles. The molecule has 0 bridgehead atoms. The van der Waals surface area contributed by atoms with Gasteiger partial charge in [-0.3, -0.25) is 4.79 Å². The Morgan fingerprint density at radius 3 is 2.52 bits per heavy atom. The number of methoxy groups -OCH3 is 1. The lowest BCUT2D eigenvalue weighted by Gasteiger charge is -2.07. The lowest BCUT2D eigenvalue weighted by atomic mass is 10.1. The maximum Gasteiger partial charge on any atom is 0.337 e. The molecule has 0 spiro atoms. The minimum absolute atomic E-state index is 0.256. The van der Waals surface area contributed by atoms with Gasteiger partial charge in [0.15, 0.2) is 0 Å². The van der Waals surface area contributed by atoms with Crippen LogP contribution >= 0.6 is 15.9 Å². The van der Waals surface area contributed by atoms with Gasteiger partial charge in [0.2, 0.25) is 0 Å². The zero-order valence-corrected chi connectivity index (χ0v) is 14.0. The molecule has 0 unspecified atom stereocenters. The molecule has 0 radical (unpaired) electrons.